The van der Waals surface area contributed by atoms with E-state index >= 15 is 0 Å². The summed E-state index contributed by atoms with van der Waals surface area (Å²) in [7, 11) is 0. The molecule has 0 bridgehead atoms. The van der Waals surface area contributed by atoms with Gasteiger partial charge in [-0.05, 0) is 36.8 Å². The van der Waals surface area contributed by atoms with Gasteiger partial charge in [-0.2, -0.15) is 0 Å². The Kier molecular flexibility index (Phi) is 5.86. The van der Waals surface area contributed by atoms with Crippen LogP contribution >= 0.6 is 0 Å². The highest BCUT2D eigenvalue weighted by atomic mass is 16.2. The fourth-order valence-electron chi connectivity index (χ4n) is 2.23. The second-order valence-corrected chi connectivity index (χ2v) is 6.16. The molecule has 1 aliphatic rings. The molecule has 0 aliphatic carbocycles. The van der Waals surface area contributed by atoms with Gasteiger partial charge in [-0.15, -0.1) is 0 Å². The van der Waals surface area contributed by atoms with E-state index < -0.39 is 0 Å². The van der Waals surface area contributed by atoms with Crippen molar-refractivity contribution in [1.29, 1.82) is 0 Å². The summed E-state index contributed by atoms with van der Waals surface area (Å²) >= 11 is 0. The van der Waals surface area contributed by atoms with Gasteiger partial charge in [0.25, 0.3) is 0 Å². The molecule has 0 aromatic carbocycles. The number of rotatable bonds is 6. The quantitative estimate of drug-likeness (QED) is 0.582. The third-order valence-corrected chi connectivity index (χ3v) is 3.64. The zero-order chi connectivity index (χ0) is 13.6. The van der Waals surface area contributed by atoms with Crippen LogP contribution in [-0.4, -0.2) is 37.0 Å². The van der Waals surface area contributed by atoms with Crippen LogP contribution in [0.1, 0.15) is 46.5 Å². The number of nitrogens with zero attached hydrogens (tertiary/aromatic N) is 1. The first-order valence-electron chi connectivity index (χ1n) is 7.10. The Hall–Kier alpha value is -0.830. The average Bonchev–Trinajstić information content (AvgIpc) is 2.43. The fourth-order valence-corrected chi connectivity index (χ4v) is 2.23. The van der Waals surface area contributed by atoms with Gasteiger partial charge in [-0.3, -0.25) is 4.79 Å². The SMILES string of the molecule is C=C(CNCCC)CN1CCC(C)(C)CCC1=O. The minimum absolute atomic E-state index is 0.289. The summed E-state index contributed by atoms with van der Waals surface area (Å²) in [6.07, 6.45) is 3.91. The van der Waals surface area contributed by atoms with Gasteiger partial charge in [-0.1, -0.05) is 27.4 Å². The molecule has 18 heavy (non-hydrogen) atoms. The molecule has 1 heterocycles. The first-order valence-corrected chi connectivity index (χ1v) is 7.10. The highest BCUT2D eigenvalue weighted by molar-refractivity contribution is 5.76. The van der Waals surface area contributed by atoms with E-state index in [4.69, 9.17) is 0 Å². The molecule has 0 spiro atoms. The van der Waals surface area contributed by atoms with Gasteiger partial charge in [0, 0.05) is 26.1 Å². The summed E-state index contributed by atoms with van der Waals surface area (Å²) < 4.78 is 0. The number of carbonyl (C=O) groups is 1. The Morgan fingerprint density at radius 2 is 2.17 bits per heavy atom. The molecule has 0 aromatic heterocycles. The fraction of sp³-hybridized carbons (Fsp3) is 0.800. The molecule has 1 fully saturated rings. The van der Waals surface area contributed by atoms with E-state index in [1.54, 1.807) is 0 Å². The minimum Gasteiger partial charge on any atom is -0.339 e. The molecule has 0 aromatic rings. The van der Waals surface area contributed by atoms with Crippen molar-refractivity contribution in [2.75, 3.05) is 26.2 Å². The van der Waals surface area contributed by atoms with Gasteiger partial charge in [0.05, 0.1) is 0 Å². The van der Waals surface area contributed by atoms with Crippen LogP contribution in [0.2, 0.25) is 0 Å². The van der Waals surface area contributed by atoms with Crippen molar-refractivity contribution >= 4 is 5.91 Å². The van der Waals surface area contributed by atoms with Crippen molar-refractivity contribution in [2.45, 2.75) is 46.5 Å². The summed E-state index contributed by atoms with van der Waals surface area (Å²) in [6, 6.07) is 0. The van der Waals surface area contributed by atoms with E-state index in [2.05, 4.69) is 32.7 Å². The molecule has 0 atom stereocenters. The molecule has 1 amide bonds. The predicted molar refractivity (Wildman–Crippen MR) is 76.5 cm³/mol. The molecule has 3 heteroatoms. The van der Waals surface area contributed by atoms with Gasteiger partial charge in [0.2, 0.25) is 5.91 Å². The molecule has 1 rings (SSSR count). The number of carbonyl (C=O) groups excluding carboxylic acids is 1. The smallest absolute Gasteiger partial charge is 0.222 e. The number of likely N-dealkylation sites (tertiary alicyclic amines) is 1. The van der Waals surface area contributed by atoms with Crippen LogP contribution in [-0.2, 0) is 4.79 Å². The minimum atomic E-state index is 0.289. The molecule has 0 saturated carbocycles. The maximum Gasteiger partial charge on any atom is 0.222 e. The van der Waals surface area contributed by atoms with Gasteiger partial charge in [0.15, 0.2) is 0 Å². The second kappa shape index (κ2) is 6.93. The molecule has 1 N–H and O–H groups in total. The molecular formula is C15H28N2O. The number of hydrogen-bond donors (Lipinski definition) is 1. The lowest BCUT2D eigenvalue weighted by Gasteiger charge is -2.24. The van der Waals surface area contributed by atoms with Crippen LogP contribution in [0.25, 0.3) is 0 Å². The first kappa shape index (κ1) is 15.2. The van der Waals surface area contributed by atoms with Crippen molar-refractivity contribution in [3.05, 3.63) is 12.2 Å². The second-order valence-electron chi connectivity index (χ2n) is 6.16. The van der Waals surface area contributed by atoms with Crippen molar-refractivity contribution in [2.24, 2.45) is 5.41 Å². The summed E-state index contributed by atoms with van der Waals surface area (Å²) in [4.78, 5) is 14.0. The van der Waals surface area contributed by atoms with E-state index in [0.29, 0.717) is 18.4 Å². The van der Waals surface area contributed by atoms with E-state index in [1.807, 2.05) is 4.90 Å². The summed E-state index contributed by atoms with van der Waals surface area (Å²) in [5.41, 5.74) is 1.41. The first-order chi connectivity index (χ1) is 8.44. The highest BCUT2D eigenvalue weighted by Crippen LogP contribution is 2.30. The van der Waals surface area contributed by atoms with Crippen molar-refractivity contribution < 1.29 is 4.79 Å². The Labute approximate surface area is 112 Å². The summed E-state index contributed by atoms with van der Waals surface area (Å²) in [6.45, 7) is 14.1. The Morgan fingerprint density at radius 3 is 2.83 bits per heavy atom. The lowest BCUT2D eigenvalue weighted by Crippen LogP contribution is -2.34. The maximum atomic E-state index is 12.0. The van der Waals surface area contributed by atoms with Gasteiger partial charge in [0.1, 0.15) is 0 Å². The van der Waals surface area contributed by atoms with E-state index in [9.17, 15) is 4.79 Å². The lowest BCUT2D eigenvalue weighted by atomic mass is 9.85. The van der Waals surface area contributed by atoms with Crippen LogP contribution in [0.4, 0.5) is 0 Å². The van der Waals surface area contributed by atoms with E-state index in [-0.39, 0.29) is 5.91 Å². The summed E-state index contributed by atoms with van der Waals surface area (Å²) in [5.74, 6) is 0.289. The highest BCUT2D eigenvalue weighted by Gasteiger charge is 2.27. The molecular weight excluding hydrogens is 224 g/mol. The largest absolute Gasteiger partial charge is 0.339 e. The van der Waals surface area contributed by atoms with Gasteiger partial charge in [-0.25, -0.2) is 0 Å². The predicted octanol–water partition coefficient (Wildman–Crippen LogP) is 2.58. The maximum absolute atomic E-state index is 12.0. The van der Waals surface area contributed by atoms with E-state index in [1.165, 1.54) is 0 Å². The zero-order valence-electron chi connectivity index (χ0n) is 12.2. The zero-order valence-corrected chi connectivity index (χ0v) is 12.2. The van der Waals surface area contributed by atoms with Crippen LogP contribution in [0, 0.1) is 5.41 Å². The third kappa shape index (κ3) is 5.21. The van der Waals surface area contributed by atoms with Gasteiger partial charge >= 0.3 is 0 Å². The third-order valence-electron chi connectivity index (χ3n) is 3.64. The van der Waals surface area contributed by atoms with Crippen LogP contribution in [0.5, 0.6) is 0 Å². The number of hydrogen-bond acceptors (Lipinski definition) is 2. The lowest BCUT2D eigenvalue weighted by molar-refractivity contribution is -0.130. The molecule has 1 saturated heterocycles. The summed E-state index contributed by atoms with van der Waals surface area (Å²) in [5, 5.41) is 3.33. The average molecular weight is 252 g/mol. The standard InChI is InChI=1S/C15H28N2O/c1-5-9-16-11-13(2)12-17-10-8-15(3,4)7-6-14(17)18/h16H,2,5-12H2,1,3-4H3. The van der Waals surface area contributed by atoms with Crippen molar-refractivity contribution in [3.8, 4) is 0 Å². The monoisotopic (exact) mass is 252 g/mol. The van der Waals surface area contributed by atoms with E-state index in [0.717, 1.165) is 44.5 Å². The van der Waals surface area contributed by atoms with Gasteiger partial charge < -0.3 is 10.2 Å². The topological polar surface area (TPSA) is 32.3 Å². The normalized spacial score (nSPS) is 19.7. The molecule has 1 aliphatic heterocycles. The van der Waals surface area contributed by atoms with Crippen LogP contribution < -0.4 is 5.32 Å². The Bertz CT molecular complexity index is 297. The Balaban J connectivity index is 2.40. The van der Waals surface area contributed by atoms with Crippen LogP contribution in [0.3, 0.4) is 0 Å². The molecule has 0 radical (unpaired) electrons. The number of nitrogens with one attached hydrogen (secondary N) is 1. The number of amides is 1. The molecule has 104 valence electrons. The molecule has 3 nitrogen and oxygen atoms in total. The Morgan fingerprint density at radius 1 is 1.44 bits per heavy atom. The molecule has 0 unspecified atom stereocenters. The van der Waals surface area contributed by atoms with Crippen molar-refractivity contribution in [1.82, 2.24) is 10.2 Å². The van der Waals surface area contributed by atoms with Crippen LogP contribution in [0.15, 0.2) is 12.2 Å². The van der Waals surface area contributed by atoms with Crippen molar-refractivity contribution in [3.63, 3.8) is 0 Å².